The first-order valence-corrected chi connectivity index (χ1v) is 8.80. The average Bonchev–Trinajstić information content (AvgIpc) is 3.04. The molecule has 3 aromatic rings. The summed E-state index contributed by atoms with van der Waals surface area (Å²) in [6.07, 6.45) is 1.84. The number of rotatable bonds is 3. The zero-order valence-corrected chi connectivity index (χ0v) is 15.0. The van der Waals surface area contributed by atoms with E-state index in [9.17, 15) is 5.26 Å². The summed E-state index contributed by atoms with van der Waals surface area (Å²) in [7, 11) is 0. The first-order valence-electron chi connectivity index (χ1n) is 6.75. The molecule has 1 heterocycles. The highest BCUT2D eigenvalue weighted by atomic mass is 79.9. The summed E-state index contributed by atoms with van der Waals surface area (Å²) in [5, 5.41) is 12.7. The Balaban J connectivity index is 1.94. The topological polar surface area (TPSA) is 36.7 Å². The maximum absolute atomic E-state index is 9.44. The first-order chi connectivity index (χ1) is 11.2. The molecule has 0 saturated heterocycles. The van der Waals surface area contributed by atoms with E-state index in [1.165, 1.54) is 11.3 Å². The van der Waals surface area contributed by atoms with Crippen LogP contribution >= 0.6 is 38.9 Å². The van der Waals surface area contributed by atoms with Crippen molar-refractivity contribution in [2.75, 3.05) is 0 Å². The SMILES string of the molecule is N#CC(=Cc1ccc(Br)cc1)c1nc(-c2cccc(Cl)c2)cs1. The molecule has 0 atom stereocenters. The lowest BCUT2D eigenvalue weighted by atomic mass is 10.1. The van der Waals surface area contributed by atoms with Crippen molar-refractivity contribution < 1.29 is 0 Å². The molecule has 23 heavy (non-hydrogen) atoms. The van der Waals surface area contributed by atoms with E-state index in [2.05, 4.69) is 27.0 Å². The smallest absolute Gasteiger partial charge is 0.134 e. The minimum atomic E-state index is 0.547. The van der Waals surface area contributed by atoms with E-state index in [0.29, 0.717) is 15.6 Å². The highest BCUT2D eigenvalue weighted by molar-refractivity contribution is 9.10. The van der Waals surface area contributed by atoms with Crippen LogP contribution in [0.2, 0.25) is 5.02 Å². The fourth-order valence-electron chi connectivity index (χ4n) is 2.05. The van der Waals surface area contributed by atoms with Crippen molar-refractivity contribution >= 4 is 50.5 Å². The van der Waals surface area contributed by atoms with E-state index in [1.807, 2.05) is 60.0 Å². The fraction of sp³-hybridized carbons (Fsp3) is 0. The van der Waals surface area contributed by atoms with Gasteiger partial charge in [-0.25, -0.2) is 4.98 Å². The molecule has 1 aromatic heterocycles. The lowest BCUT2D eigenvalue weighted by Crippen LogP contribution is -1.83. The van der Waals surface area contributed by atoms with Gasteiger partial charge >= 0.3 is 0 Å². The molecule has 0 aliphatic heterocycles. The van der Waals surface area contributed by atoms with Crippen molar-refractivity contribution in [1.82, 2.24) is 4.98 Å². The summed E-state index contributed by atoms with van der Waals surface area (Å²) < 4.78 is 1.01. The van der Waals surface area contributed by atoms with Crippen molar-refractivity contribution in [1.29, 1.82) is 5.26 Å². The third kappa shape index (κ3) is 3.89. The minimum Gasteiger partial charge on any atom is -0.235 e. The highest BCUT2D eigenvalue weighted by Gasteiger charge is 2.09. The van der Waals surface area contributed by atoms with Crippen LogP contribution in [0.1, 0.15) is 10.6 Å². The van der Waals surface area contributed by atoms with Crippen LogP contribution in [0.5, 0.6) is 0 Å². The van der Waals surface area contributed by atoms with Gasteiger partial charge in [0.25, 0.3) is 0 Å². The lowest BCUT2D eigenvalue weighted by Gasteiger charge is -1.98. The lowest BCUT2D eigenvalue weighted by molar-refractivity contribution is 1.37. The molecule has 112 valence electrons. The third-order valence-electron chi connectivity index (χ3n) is 3.16. The number of benzene rings is 2. The summed E-state index contributed by atoms with van der Waals surface area (Å²) >= 11 is 10.9. The van der Waals surface area contributed by atoms with Crippen LogP contribution in [0.3, 0.4) is 0 Å². The Morgan fingerprint density at radius 1 is 1.22 bits per heavy atom. The molecule has 5 heteroatoms. The van der Waals surface area contributed by atoms with E-state index in [4.69, 9.17) is 11.6 Å². The summed E-state index contributed by atoms with van der Waals surface area (Å²) in [6.45, 7) is 0. The van der Waals surface area contributed by atoms with Crippen LogP contribution in [-0.4, -0.2) is 4.98 Å². The summed E-state index contributed by atoms with van der Waals surface area (Å²) in [5.74, 6) is 0. The molecule has 0 aliphatic carbocycles. The molecule has 2 aromatic carbocycles. The maximum Gasteiger partial charge on any atom is 0.134 e. The molecule has 0 spiro atoms. The molecule has 0 amide bonds. The Hall–Kier alpha value is -1.93. The van der Waals surface area contributed by atoms with Gasteiger partial charge in [-0.15, -0.1) is 11.3 Å². The number of aromatic nitrogens is 1. The van der Waals surface area contributed by atoms with Gasteiger partial charge in [-0.3, -0.25) is 0 Å². The predicted molar refractivity (Wildman–Crippen MR) is 100 cm³/mol. The summed E-state index contributed by atoms with van der Waals surface area (Å²) in [6, 6.07) is 17.6. The molecule has 0 unspecified atom stereocenters. The number of nitriles is 1. The predicted octanol–water partition coefficient (Wildman–Crippen LogP) is 6.29. The average molecular weight is 402 g/mol. The van der Waals surface area contributed by atoms with Gasteiger partial charge in [0.1, 0.15) is 11.1 Å². The van der Waals surface area contributed by atoms with E-state index in [-0.39, 0.29) is 0 Å². The minimum absolute atomic E-state index is 0.547. The monoisotopic (exact) mass is 400 g/mol. The van der Waals surface area contributed by atoms with Crippen LogP contribution in [0, 0.1) is 11.3 Å². The van der Waals surface area contributed by atoms with Gasteiger partial charge in [0.2, 0.25) is 0 Å². The fourth-order valence-corrected chi connectivity index (χ4v) is 3.29. The zero-order chi connectivity index (χ0) is 16.2. The van der Waals surface area contributed by atoms with Gasteiger partial charge in [-0.05, 0) is 35.9 Å². The molecule has 0 saturated carbocycles. The van der Waals surface area contributed by atoms with Gasteiger partial charge in [-0.2, -0.15) is 5.26 Å². The number of nitrogens with zero attached hydrogens (tertiary/aromatic N) is 2. The van der Waals surface area contributed by atoms with E-state index < -0.39 is 0 Å². The van der Waals surface area contributed by atoms with Crippen LogP contribution in [0.15, 0.2) is 58.4 Å². The molecular weight excluding hydrogens is 392 g/mol. The zero-order valence-electron chi connectivity index (χ0n) is 11.8. The third-order valence-corrected chi connectivity index (χ3v) is 4.80. The quantitative estimate of drug-likeness (QED) is 0.483. The van der Waals surface area contributed by atoms with E-state index in [0.717, 1.165) is 21.3 Å². The molecule has 0 bridgehead atoms. The van der Waals surface area contributed by atoms with E-state index in [1.54, 1.807) is 0 Å². The van der Waals surface area contributed by atoms with Crippen molar-refractivity contribution in [3.05, 3.63) is 74.0 Å². The van der Waals surface area contributed by atoms with Gasteiger partial charge in [0.05, 0.1) is 11.3 Å². The standard InChI is InChI=1S/C18H10BrClN2S/c19-15-6-4-12(5-7-15)8-14(10-21)18-22-17(11-23-18)13-2-1-3-16(20)9-13/h1-9,11H. The number of allylic oxidation sites excluding steroid dienone is 1. The molecule has 0 radical (unpaired) electrons. The van der Waals surface area contributed by atoms with Gasteiger partial charge in [0.15, 0.2) is 0 Å². The second-order valence-electron chi connectivity index (χ2n) is 4.77. The molecule has 3 rings (SSSR count). The number of halogens is 2. The second kappa shape index (κ2) is 7.10. The molecule has 2 nitrogen and oxygen atoms in total. The van der Waals surface area contributed by atoms with Crippen molar-refractivity contribution in [3.63, 3.8) is 0 Å². The second-order valence-corrected chi connectivity index (χ2v) is 6.98. The number of thiazole rings is 1. The normalized spacial score (nSPS) is 11.3. The van der Waals surface area contributed by atoms with E-state index >= 15 is 0 Å². The molecule has 0 N–H and O–H groups in total. The van der Waals surface area contributed by atoms with Gasteiger partial charge in [-0.1, -0.05) is 51.8 Å². The van der Waals surface area contributed by atoms with Gasteiger partial charge < -0.3 is 0 Å². The molecular formula is C18H10BrClN2S. The van der Waals surface area contributed by atoms with Crippen molar-refractivity contribution in [2.24, 2.45) is 0 Å². The molecule has 0 aliphatic rings. The van der Waals surface area contributed by atoms with Crippen LogP contribution in [0.25, 0.3) is 22.9 Å². The van der Waals surface area contributed by atoms with Gasteiger partial charge in [0, 0.05) is 20.4 Å². The Bertz CT molecular complexity index is 907. The number of hydrogen-bond donors (Lipinski definition) is 0. The first kappa shape index (κ1) is 15.9. The van der Waals surface area contributed by atoms with Crippen LogP contribution in [-0.2, 0) is 0 Å². The Kier molecular flexibility index (Phi) is 4.92. The van der Waals surface area contributed by atoms with Crippen molar-refractivity contribution in [2.45, 2.75) is 0 Å². The summed E-state index contributed by atoms with van der Waals surface area (Å²) in [4.78, 5) is 4.57. The Morgan fingerprint density at radius 2 is 2.00 bits per heavy atom. The van der Waals surface area contributed by atoms with Crippen molar-refractivity contribution in [3.8, 4) is 17.3 Å². The Labute approximate surface area is 151 Å². The largest absolute Gasteiger partial charge is 0.235 e. The Morgan fingerprint density at radius 3 is 2.70 bits per heavy atom. The summed E-state index contributed by atoms with van der Waals surface area (Å²) in [5.41, 5.74) is 3.28. The highest BCUT2D eigenvalue weighted by Crippen LogP contribution is 2.28. The van der Waals surface area contributed by atoms with Crippen LogP contribution in [0.4, 0.5) is 0 Å². The van der Waals surface area contributed by atoms with Crippen LogP contribution < -0.4 is 0 Å². The maximum atomic E-state index is 9.44. The number of hydrogen-bond acceptors (Lipinski definition) is 3. The molecule has 0 fully saturated rings.